The first-order valence-electron chi connectivity index (χ1n) is 7.25. The van der Waals surface area contributed by atoms with E-state index in [9.17, 15) is 0 Å². The van der Waals surface area contributed by atoms with Gasteiger partial charge in [0.25, 0.3) is 0 Å². The van der Waals surface area contributed by atoms with Crippen LogP contribution >= 0.6 is 0 Å². The molecule has 6 nitrogen and oxygen atoms in total. The van der Waals surface area contributed by atoms with Gasteiger partial charge in [-0.3, -0.25) is 4.90 Å². The Morgan fingerprint density at radius 1 is 1.47 bits per heavy atom. The molecule has 1 N–H and O–H groups in total. The predicted octanol–water partition coefficient (Wildman–Crippen LogP) is 0.757. The average molecular weight is 266 g/mol. The number of ether oxygens (including phenoxy) is 1. The third-order valence-corrected chi connectivity index (χ3v) is 3.93. The zero-order valence-corrected chi connectivity index (χ0v) is 11.5. The summed E-state index contributed by atoms with van der Waals surface area (Å²) in [6.07, 6.45) is 3.29. The highest BCUT2D eigenvalue weighted by molar-refractivity contribution is 4.97. The van der Waals surface area contributed by atoms with E-state index in [2.05, 4.69) is 27.3 Å². The Morgan fingerprint density at radius 3 is 3.32 bits per heavy atom. The van der Waals surface area contributed by atoms with Crippen molar-refractivity contribution in [2.24, 2.45) is 0 Å². The van der Waals surface area contributed by atoms with E-state index in [0.717, 1.165) is 32.7 Å². The molecule has 0 spiro atoms. The van der Waals surface area contributed by atoms with Crippen LogP contribution in [0.3, 0.4) is 0 Å². The van der Waals surface area contributed by atoms with Crippen molar-refractivity contribution in [3.05, 3.63) is 11.7 Å². The molecular formula is C13H22N4O2. The van der Waals surface area contributed by atoms with Crippen molar-refractivity contribution in [1.82, 2.24) is 20.4 Å². The smallest absolute Gasteiger partial charge is 0.228 e. The van der Waals surface area contributed by atoms with Crippen molar-refractivity contribution in [1.29, 1.82) is 0 Å². The fraction of sp³-hybridized carbons (Fsp3) is 0.846. The quantitative estimate of drug-likeness (QED) is 0.794. The molecule has 1 aromatic heterocycles. The van der Waals surface area contributed by atoms with E-state index in [1.807, 2.05) is 0 Å². The fourth-order valence-electron chi connectivity index (χ4n) is 2.85. The molecule has 2 aliphatic rings. The molecule has 2 aliphatic heterocycles. The maximum absolute atomic E-state index is 5.87. The second-order valence-corrected chi connectivity index (χ2v) is 5.26. The average Bonchev–Trinajstić information content (AvgIpc) is 3.06. The van der Waals surface area contributed by atoms with E-state index >= 15 is 0 Å². The molecule has 0 saturated carbocycles. The molecule has 3 rings (SSSR count). The van der Waals surface area contributed by atoms with E-state index < -0.39 is 0 Å². The molecule has 2 unspecified atom stereocenters. The number of fused-ring (bicyclic) bond motifs is 1. The van der Waals surface area contributed by atoms with Gasteiger partial charge < -0.3 is 14.6 Å². The SMILES string of the molecule is CCNCCc1nc(C2CN3CCCC3CO2)no1. The van der Waals surface area contributed by atoms with Gasteiger partial charge in [0.2, 0.25) is 11.7 Å². The predicted molar refractivity (Wildman–Crippen MR) is 69.8 cm³/mol. The molecule has 2 fully saturated rings. The van der Waals surface area contributed by atoms with Gasteiger partial charge in [-0.25, -0.2) is 0 Å². The van der Waals surface area contributed by atoms with Crippen molar-refractivity contribution in [2.45, 2.75) is 38.3 Å². The highest BCUT2D eigenvalue weighted by atomic mass is 16.5. The summed E-state index contributed by atoms with van der Waals surface area (Å²) >= 11 is 0. The number of hydrogen-bond acceptors (Lipinski definition) is 6. The van der Waals surface area contributed by atoms with Crippen LogP contribution < -0.4 is 5.32 Å². The summed E-state index contributed by atoms with van der Waals surface area (Å²) in [5, 5.41) is 7.32. The molecule has 0 aliphatic carbocycles. The molecule has 0 radical (unpaired) electrons. The summed E-state index contributed by atoms with van der Waals surface area (Å²) in [6, 6.07) is 0.608. The van der Waals surface area contributed by atoms with Gasteiger partial charge in [0.05, 0.1) is 6.61 Å². The van der Waals surface area contributed by atoms with Crippen LogP contribution in [-0.4, -0.2) is 53.9 Å². The highest BCUT2D eigenvalue weighted by Gasteiger charge is 2.34. The Labute approximate surface area is 113 Å². The monoisotopic (exact) mass is 266 g/mol. The summed E-state index contributed by atoms with van der Waals surface area (Å²) in [6.45, 7) is 6.79. The molecule has 1 aromatic rings. The molecule has 106 valence electrons. The third kappa shape index (κ3) is 2.96. The zero-order valence-electron chi connectivity index (χ0n) is 11.5. The van der Waals surface area contributed by atoms with Gasteiger partial charge in [-0.05, 0) is 25.9 Å². The first-order valence-corrected chi connectivity index (χ1v) is 7.25. The van der Waals surface area contributed by atoms with Gasteiger partial charge in [-0.1, -0.05) is 12.1 Å². The third-order valence-electron chi connectivity index (χ3n) is 3.93. The number of nitrogens with one attached hydrogen (secondary N) is 1. The molecule has 2 atom stereocenters. The Balaban J connectivity index is 1.56. The van der Waals surface area contributed by atoms with Crippen molar-refractivity contribution in [2.75, 3.05) is 32.8 Å². The van der Waals surface area contributed by atoms with Gasteiger partial charge >= 0.3 is 0 Å². The second-order valence-electron chi connectivity index (χ2n) is 5.26. The van der Waals surface area contributed by atoms with Crippen LogP contribution in [0.2, 0.25) is 0 Å². The Kier molecular flexibility index (Phi) is 4.10. The van der Waals surface area contributed by atoms with Gasteiger partial charge in [-0.2, -0.15) is 4.98 Å². The highest BCUT2D eigenvalue weighted by Crippen LogP contribution is 2.28. The van der Waals surface area contributed by atoms with Crippen molar-refractivity contribution in [3.8, 4) is 0 Å². The van der Waals surface area contributed by atoms with E-state index in [0.29, 0.717) is 17.8 Å². The summed E-state index contributed by atoms with van der Waals surface area (Å²) in [5.41, 5.74) is 0. The summed E-state index contributed by atoms with van der Waals surface area (Å²) in [4.78, 5) is 6.94. The number of likely N-dealkylation sites (N-methyl/N-ethyl adjacent to an activating group) is 1. The number of aromatic nitrogens is 2. The lowest BCUT2D eigenvalue weighted by Gasteiger charge is -2.33. The minimum atomic E-state index is -0.0222. The van der Waals surface area contributed by atoms with Crippen LogP contribution in [-0.2, 0) is 11.2 Å². The van der Waals surface area contributed by atoms with Gasteiger partial charge in [0.1, 0.15) is 6.10 Å². The maximum atomic E-state index is 5.87. The van der Waals surface area contributed by atoms with E-state index in [1.54, 1.807) is 0 Å². The van der Waals surface area contributed by atoms with Crippen LogP contribution in [0, 0.1) is 0 Å². The van der Waals surface area contributed by atoms with Crippen LogP contribution in [0.1, 0.15) is 37.6 Å². The van der Waals surface area contributed by atoms with Gasteiger partial charge in [0, 0.05) is 25.6 Å². The number of hydrogen-bond donors (Lipinski definition) is 1. The van der Waals surface area contributed by atoms with E-state index in [1.165, 1.54) is 19.4 Å². The molecule has 3 heterocycles. The molecular weight excluding hydrogens is 244 g/mol. The number of rotatable bonds is 5. The van der Waals surface area contributed by atoms with Crippen molar-refractivity contribution >= 4 is 0 Å². The second kappa shape index (κ2) is 5.98. The first kappa shape index (κ1) is 13.0. The summed E-state index contributed by atoms with van der Waals surface area (Å²) < 4.78 is 11.2. The lowest BCUT2D eigenvalue weighted by atomic mass is 10.2. The first-order chi connectivity index (χ1) is 9.36. The molecule has 0 bridgehead atoms. The van der Waals surface area contributed by atoms with E-state index in [-0.39, 0.29) is 6.10 Å². The van der Waals surface area contributed by atoms with Gasteiger partial charge in [-0.15, -0.1) is 0 Å². The minimum Gasteiger partial charge on any atom is -0.367 e. The number of nitrogens with zero attached hydrogens (tertiary/aromatic N) is 3. The molecule has 0 aromatic carbocycles. The van der Waals surface area contributed by atoms with Crippen LogP contribution in [0.4, 0.5) is 0 Å². The summed E-state index contributed by atoms with van der Waals surface area (Å²) in [7, 11) is 0. The fourth-order valence-corrected chi connectivity index (χ4v) is 2.85. The molecule has 6 heteroatoms. The Morgan fingerprint density at radius 2 is 2.42 bits per heavy atom. The van der Waals surface area contributed by atoms with Crippen LogP contribution in [0.25, 0.3) is 0 Å². The van der Waals surface area contributed by atoms with Crippen molar-refractivity contribution < 1.29 is 9.26 Å². The molecule has 0 amide bonds. The standard InChI is InChI=1S/C13H22N4O2/c1-2-14-6-5-12-15-13(16-19-12)11-8-17-7-3-4-10(17)9-18-11/h10-11,14H,2-9H2,1H3. The Bertz CT molecular complexity index is 409. The van der Waals surface area contributed by atoms with Crippen LogP contribution in [0.15, 0.2) is 4.52 Å². The molecule has 19 heavy (non-hydrogen) atoms. The minimum absolute atomic E-state index is 0.0222. The van der Waals surface area contributed by atoms with Crippen LogP contribution in [0.5, 0.6) is 0 Å². The van der Waals surface area contributed by atoms with E-state index in [4.69, 9.17) is 9.26 Å². The lowest BCUT2D eigenvalue weighted by molar-refractivity contribution is -0.0548. The lowest BCUT2D eigenvalue weighted by Crippen LogP contribution is -2.42. The largest absolute Gasteiger partial charge is 0.367 e. The summed E-state index contributed by atoms with van der Waals surface area (Å²) in [5.74, 6) is 1.40. The Hall–Kier alpha value is -0.980. The van der Waals surface area contributed by atoms with Crippen molar-refractivity contribution in [3.63, 3.8) is 0 Å². The molecule has 2 saturated heterocycles. The zero-order chi connectivity index (χ0) is 13.1. The maximum Gasteiger partial charge on any atom is 0.228 e. The topological polar surface area (TPSA) is 63.4 Å². The number of morpholine rings is 1. The normalized spacial score (nSPS) is 27.6. The van der Waals surface area contributed by atoms with Gasteiger partial charge in [0.15, 0.2) is 0 Å².